The van der Waals surface area contributed by atoms with Crippen molar-refractivity contribution in [1.82, 2.24) is 9.80 Å². The number of methoxy groups -OCH3 is 2. The van der Waals surface area contributed by atoms with Gasteiger partial charge in [-0.3, -0.25) is 14.6 Å². The van der Waals surface area contributed by atoms with Gasteiger partial charge in [-0.2, -0.15) is 0 Å². The molecule has 0 aromatic heterocycles. The Morgan fingerprint density at radius 1 is 1.26 bits per heavy atom. The third-order valence-electron chi connectivity index (χ3n) is 4.72. The second kappa shape index (κ2) is 7.19. The number of amides is 1. The molecule has 23 heavy (non-hydrogen) atoms. The van der Waals surface area contributed by atoms with Gasteiger partial charge >= 0.3 is 0 Å². The monoisotopic (exact) mass is 319 g/mol. The number of carbonyl (C=O) groups excluding carboxylic acids is 1. The molecule has 2 heterocycles. The van der Waals surface area contributed by atoms with Crippen LogP contribution in [-0.4, -0.2) is 68.7 Å². The van der Waals surface area contributed by atoms with E-state index in [4.69, 9.17) is 9.47 Å². The number of anilines is 1. The summed E-state index contributed by atoms with van der Waals surface area (Å²) in [5.41, 5.74) is 0.679. The maximum absolute atomic E-state index is 12.3. The van der Waals surface area contributed by atoms with E-state index in [2.05, 4.69) is 15.1 Å². The Bertz CT molecular complexity index is 564. The van der Waals surface area contributed by atoms with Crippen LogP contribution in [0.2, 0.25) is 0 Å². The van der Waals surface area contributed by atoms with Gasteiger partial charge in [-0.25, -0.2) is 0 Å². The number of hydrogen-bond acceptors (Lipinski definition) is 5. The molecule has 1 N–H and O–H groups in total. The molecule has 6 nitrogen and oxygen atoms in total. The van der Waals surface area contributed by atoms with Gasteiger partial charge in [0.25, 0.3) is 0 Å². The maximum atomic E-state index is 12.3. The Kier molecular flexibility index (Phi) is 5.03. The van der Waals surface area contributed by atoms with E-state index in [1.807, 2.05) is 12.1 Å². The van der Waals surface area contributed by atoms with Crippen LogP contribution in [0.25, 0.3) is 0 Å². The average molecular weight is 319 g/mol. The SMILES string of the molecule is COc1ccc(NC(=O)CN2CCN3CCC[C@H]3C2)c(OC)c1. The first-order valence-corrected chi connectivity index (χ1v) is 8.18. The zero-order valence-electron chi connectivity index (χ0n) is 13.9. The first kappa shape index (κ1) is 16.1. The molecule has 0 spiro atoms. The van der Waals surface area contributed by atoms with Crippen molar-refractivity contribution in [2.75, 3.05) is 52.3 Å². The van der Waals surface area contributed by atoms with Crippen molar-refractivity contribution in [2.45, 2.75) is 18.9 Å². The van der Waals surface area contributed by atoms with Crippen LogP contribution < -0.4 is 14.8 Å². The number of rotatable bonds is 5. The largest absolute Gasteiger partial charge is 0.497 e. The molecule has 2 aliphatic rings. The van der Waals surface area contributed by atoms with Crippen molar-refractivity contribution in [3.05, 3.63) is 18.2 Å². The van der Waals surface area contributed by atoms with Crippen LogP contribution in [0.1, 0.15) is 12.8 Å². The Morgan fingerprint density at radius 2 is 2.13 bits per heavy atom. The molecule has 0 unspecified atom stereocenters. The molecule has 1 aromatic carbocycles. The number of ether oxygens (including phenoxy) is 2. The number of nitrogens with one attached hydrogen (secondary N) is 1. The molecule has 0 aliphatic carbocycles. The molecule has 126 valence electrons. The lowest BCUT2D eigenvalue weighted by atomic mass is 10.1. The van der Waals surface area contributed by atoms with Gasteiger partial charge in [0, 0.05) is 31.7 Å². The predicted octanol–water partition coefficient (Wildman–Crippen LogP) is 1.42. The van der Waals surface area contributed by atoms with Gasteiger partial charge in [0.15, 0.2) is 0 Å². The summed E-state index contributed by atoms with van der Waals surface area (Å²) in [5, 5.41) is 2.94. The number of fused-ring (bicyclic) bond motifs is 1. The summed E-state index contributed by atoms with van der Waals surface area (Å²) in [6.45, 7) is 4.67. The summed E-state index contributed by atoms with van der Waals surface area (Å²) in [4.78, 5) is 17.1. The van der Waals surface area contributed by atoms with E-state index in [0.29, 0.717) is 29.8 Å². The highest BCUT2D eigenvalue weighted by Gasteiger charge is 2.31. The molecular weight excluding hydrogens is 294 g/mol. The van der Waals surface area contributed by atoms with E-state index in [9.17, 15) is 4.79 Å². The molecule has 3 rings (SSSR count). The van der Waals surface area contributed by atoms with Crippen LogP contribution in [0.4, 0.5) is 5.69 Å². The fourth-order valence-electron chi connectivity index (χ4n) is 3.49. The average Bonchev–Trinajstić information content (AvgIpc) is 3.02. The Labute approximate surface area is 137 Å². The van der Waals surface area contributed by atoms with Gasteiger partial charge in [0.2, 0.25) is 5.91 Å². The van der Waals surface area contributed by atoms with Crippen LogP contribution in [0.5, 0.6) is 11.5 Å². The summed E-state index contributed by atoms with van der Waals surface area (Å²) >= 11 is 0. The summed E-state index contributed by atoms with van der Waals surface area (Å²) in [6, 6.07) is 6.03. The summed E-state index contributed by atoms with van der Waals surface area (Å²) < 4.78 is 10.5. The van der Waals surface area contributed by atoms with Crippen LogP contribution in [0.3, 0.4) is 0 Å². The second-order valence-corrected chi connectivity index (χ2v) is 6.18. The molecule has 0 saturated carbocycles. The van der Waals surface area contributed by atoms with E-state index < -0.39 is 0 Å². The number of nitrogens with zero attached hydrogens (tertiary/aromatic N) is 2. The minimum atomic E-state index is -0.0000798. The minimum absolute atomic E-state index is 0.0000798. The van der Waals surface area contributed by atoms with Crippen molar-refractivity contribution in [3.8, 4) is 11.5 Å². The molecule has 1 atom stereocenters. The van der Waals surface area contributed by atoms with Crippen molar-refractivity contribution in [3.63, 3.8) is 0 Å². The fourth-order valence-corrected chi connectivity index (χ4v) is 3.49. The quantitative estimate of drug-likeness (QED) is 0.890. The van der Waals surface area contributed by atoms with Crippen molar-refractivity contribution in [1.29, 1.82) is 0 Å². The van der Waals surface area contributed by atoms with E-state index >= 15 is 0 Å². The van der Waals surface area contributed by atoms with Crippen LogP contribution in [0.15, 0.2) is 18.2 Å². The Morgan fingerprint density at radius 3 is 2.91 bits per heavy atom. The molecule has 0 bridgehead atoms. The zero-order valence-corrected chi connectivity index (χ0v) is 13.9. The molecular formula is C17H25N3O3. The van der Waals surface area contributed by atoms with Gasteiger partial charge in [0.05, 0.1) is 26.5 Å². The van der Waals surface area contributed by atoms with Gasteiger partial charge in [-0.1, -0.05) is 0 Å². The fraction of sp³-hybridized carbons (Fsp3) is 0.588. The van der Waals surface area contributed by atoms with Crippen LogP contribution in [0, 0.1) is 0 Å². The molecule has 6 heteroatoms. The normalized spacial score (nSPS) is 21.7. The Balaban J connectivity index is 1.57. The van der Waals surface area contributed by atoms with Crippen LogP contribution >= 0.6 is 0 Å². The van der Waals surface area contributed by atoms with Gasteiger partial charge in [-0.05, 0) is 31.5 Å². The zero-order chi connectivity index (χ0) is 16.2. The first-order valence-electron chi connectivity index (χ1n) is 8.18. The van der Waals surface area contributed by atoms with Crippen molar-refractivity contribution < 1.29 is 14.3 Å². The lowest BCUT2D eigenvalue weighted by Gasteiger charge is -2.37. The lowest BCUT2D eigenvalue weighted by molar-refractivity contribution is -0.117. The van der Waals surface area contributed by atoms with Gasteiger partial charge in [-0.15, -0.1) is 0 Å². The summed E-state index contributed by atoms with van der Waals surface area (Å²) in [6.07, 6.45) is 2.54. The topological polar surface area (TPSA) is 54.0 Å². The minimum Gasteiger partial charge on any atom is -0.497 e. The second-order valence-electron chi connectivity index (χ2n) is 6.18. The first-order chi connectivity index (χ1) is 11.2. The number of carbonyl (C=O) groups is 1. The molecule has 2 fully saturated rings. The van der Waals surface area contributed by atoms with Gasteiger partial charge < -0.3 is 14.8 Å². The number of piperazine rings is 1. The lowest BCUT2D eigenvalue weighted by Crippen LogP contribution is -2.51. The Hall–Kier alpha value is -1.79. The molecule has 1 amide bonds. The maximum Gasteiger partial charge on any atom is 0.238 e. The smallest absolute Gasteiger partial charge is 0.238 e. The highest BCUT2D eigenvalue weighted by Crippen LogP contribution is 2.29. The highest BCUT2D eigenvalue weighted by atomic mass is 16.5. The van der Waals surface area contributed by atoms with E-state index in [1.165, 1.54) is 19.4 Å². The summed E-state index contributed by atoms with van der Waals surface area (Å²) in [7, 11) is 3.19. The van der Waals surface area contributed by atoms with Crippen LogP contribution in [-0.2, 0) is 4.79 Å². The van der Waals surface area contributed by atoms with Crippen molar-refractivity contribution >= 4 is 11.6 Å². The molecule has 1 aromatic rings. The summed E-state index contributed by atoms with van der Waals surface area (Å²) in [5.74, 6) is 1.32. The van der Waals surface area contributed by atoms with E-state index in [1.54, 1.807) is 20.3 Å². The molecule has 2 saturated heterocycles. The molecule has 0 radical (unpaired) electrons. The van der Waals surface area contributed by atoms with E-state index in [-0.39, 0.29) is 5.91 Å². The van der Waals surface area contributed by atoms with Crippen molar-refractivity contribution in [2.24, 2.45) is 0 Å². The van der Waals surface area contributed by atoms with Gasteiger partial charge in [0.1, 0.15) is 11.5 Å². The van der Waals surface area contributed by atoms with E-state index in [0.717, 1.165) is 19.6 Å². The predicted molar refractivity (Wildman–Crippen MR) is 89.2 cm³/mol. The standard InChI is InChI=1S/C17H25N3O3/c1-22-14-5-6-15(16(10-14)23-2)18-17(21)12-19-8-9-20-7-3-4-13(20)11-19/h5-6,10,13H,3-4,7-9,11-12H2,1-2H3,(H,18,21)/t13-/m0/s1. The number of hydrogen-bond donors (Lipinski definition) is 1. The molecule has 2 aliphatic heterocycles. The third kappa shape index (κ3) is 3.76. The number of benzene rings is 1. The highest BCUT2D eigenvalue weighted by molar-refractivity contribution is 5.93. The third-order valence-corrected chi connectivity index (χ3v) is 4.72.